The quantitative estimate of drug-likeness (QED) is 0.881. The van der Waals surface area contributed by atoms with Crippen LogP contribution < -0.4 is 5.32 Å². The summed E-state index contributed by atoms with van der Waals surface area (Å²) in [7, 11) is 2.01. The third-order valence-corrected chi connectivity index (χ3v) is 3.25. The third kappa shape index (κ3) is 2.77. The number of rotatable bonds is 4. The van der Waals surface area contributed by atoms with Crippen LogP contribution in [0.1, 0.15) is 30.5 Å². The van der Waals surface area contributed by atoms with E-state index in [9.17, 15) is 0 Å². The highest BCUT2D eigenvalue weighted by molar-refractivity contribution is 5.64. The zero-order valence-corrected chi connectivity index (χ0v) is 11.3. The van der Waals surface area contributed by atoms with Crippen LogP contribution in [0, 0.1) is 6.92 Å². The first-order valence-corrected chi connectivity index (χ1v) is 6.44. The van der Waals surface area contributed by atoms with Crippen molar-refractivity contribution in [3.05, 3.63) is 53.9 Å². The van der Waals surface area contributed by atoms with Gasteiger partial charge in [-0.1, -0.05) is 25.1 Å². The molecule has 0 radical (unpaired) electrons. The van der Waals surface area contributed by atoms with Gasteiger partial charge in [0.05, 0.1) is 0 Å². The molecule has 0 saturated heterocycles. The molecule has 1 aromatic heterocycles. The van der Waals surface area contributed by atoms with Gasteiger partial charge in [0.25, 0.3) is 0 Å². The molecule has 1 aromatic carbocycles. The SMILES string of the molecule is CCC(NC)c1cccc(-c2cncc(C)c2)c1. The van der Waals surface area contributed by atoms with Gasteiger partial charge in [0.15, 0.2) is 0 Å². The Morgan fingerprint density at radius 3 is 2.67 bits per heavy atom. The number of benzene rings is 1. The van der Waals surface area contributed by atoms with E-state index in [4.69, 9.17) is 0 Å². The summed E-state index contributed by atoms with van der Waals surface area (Å²) in [4.78, 5) is 4.26. The molecule has 0 amide bonds. The van der Waals surface area contributed by atoms with Crippen LogP contribution in [0.2, 0.25) is 0 Å². The van der Waals surface area contributed by atoms with Gasteiger partial charge in [-0.25, -0.2) is 0 Å². The molecular formula is C16H20N2. The molecule has 2 heteroatoms. The number of hydrogen-bond acceptors (Lipinski definition) is 2. The molecule has 1 unspecified atom stereocenters. The van der Waals surface area contributed by atoms with Crippen molar-refractivity contribution in [1.82, 2.24) is 10.3 Å². The first kappa shape index (κ1) is 12.8. The maximum Gasteiger partial charge on any atom is 0.0346 e. The summed E-state index contributed by atoms with van der Waals surface area (Å²) in [6.07, 6.45) is 4.90. The Bertz CT molecular complexity index is 516. The number of pyridine rings is 1. The number of aromatic nitrogens is 1. The molecule has 2 nitrogen and oxygen atoms in total. The van der Waals surface area contributed by atoms with Crippen LogP contribution >= 0.6 is 0 Å². The predicted octanol–water partition coefficient (Wildman–Crippen LogP) is 3.73. The highest BCUT2D eigenvalue weighted by Crippen LogP contribution is 2.24. The van der Waals surface area contributed by atoms with E-state index < -0.39 is 0 Å². The largest absolute Gasteiger partial charge is 0.313 e. The van der Waals surface area contributed by atoms with Crippen LogP contribution in [0.5, 0.6) is 0 Å². The first-order chi connectivity index (χ1) is 8.74. The van der Waals surface area contributed by atoms with Crippen molar-refractivity contribution in [2.24, 2.45) is 0 Å². The number of nitrogens with zero attached hydrogens (tertiary/aromatic N) is 1. The van der Waals surface area contributed by atoms with Crippen molar-refractivity contribution >= 4 is 0 Å². The van der Waals surface area contributed by atoms with Gasteiger partial charge in [0.2, 0.25) is 0 Å². The summed E-state index contributed by atoms with van der Waals surface area (Å²) in [5, 5.41) is 3.34. The van der Waals surface area contributed by atoms with E-state index in [0.29, 0.717) is 6.04 Å². The summed E-state index contributed by atoms with van der Waals surface area (Å²) in [5.41, 5.74) is 4.94. The van der Waals surface area contributed by atoms with Gasteiger partial charge < -0.3 is 5.32 Å². The topological polar surface area (TPSA) is 24.9 Å². The number of nitrogens with one attached hydrogen (secondary N) is 1. The van der Waals surface area contributed by atoms with E-state index in [1.807, 2.05) is 19.4 Å². The molecule has 1 atom stereocenters. The lowest BCUT2D eigenvalue weighted by atomic mass is 9.99. The molecule has 0 saturated carbocycles. The van der Waals surface area contributed by atoms with Crippen LogP contribution in [-0.4, -0.2) is 12.0 Å². The van der Waals surface area contributed by atoms with Crippen LogP contribution in [0.25, 0.3) is 11.1 Å². The molecule has 2 rings (SSSR count). The van der Waals surface area contributed by atoms with E-state index in [-0.39, 0.29) is 0 Å². The van der Waals surface area contributed by atoms with E-state index in [0.717, 1.165) is 6.42 Å². The molecule has 1 heterocycles. The average Bonchev–Trinajstić information content (AvgIpc) is 2.41. The molecule has 0 fully saturated rings. The third-order valence-electron chi connectivity index (χ3n) is 3.25. The first-order valence-electron chi connectivity index (χ1n) is 6.44. The summed E-state index contributed by atoms with van der Waals surface area (Å²) >= 11 is 0. The van der Waals surface area contributed by atoms with Crippen molar-refractivity contribution in [3.63, 3.8) is 0 Å². The van der Waals surface area contributed by atoms with Crippen LogP contribution in [-0.2, 0) is 0 Å². The van der Waals surface area contributed by atoms with Gasteiger partial charge in [-0.3, -0.25) is 4.98 Å². The fraction of sp³-hybridized carbons (Fsp3) is 0.312. The van der Waals surface area contributed by atoms with Crippen molar-refractivity contribution in [1.29, 1.82) is 0 Å². The zero-order valence-electron chi connectivity index (χ0n) is 11.3. The Labute approximate surface area is 109 Å². The molecule has 1 N–H and O–H groups in total. The van der Waals surface area contributed by atoms with Gasteiger partial charge in [-0.2, -0.15) is 0 Å². The monoisotopic (exact) mass is 240 g/mol. The Morgan fingerprint density at radius 1 is 1.17 bits per heavy atom. The highest BCUT2D eigenvalue weighted by atomic mass is 14.9. The lowest BCUT2D eigenvalue weighted by Crippen LogP contribution is -2.15. The normalized spacial score (nSPS) is 12.4. The smallest absolute Gasteiger partial charge is 0.0346 e. The van der Waals surface area contributed by atoms with Gasteiger partial charge in [0, 0.05) is 24.0 Å². The van der Waals surface area contributed by atoms with Gasteiger partial charge in [-0.05, 0) is 49.2 Å². The minimum atomic E-state index is 0.419. The Morgan fingerprint density at radius 2 is 2.00 bits per heavy atom. The van der Waals surface area contributed by atoms with Gasteiger partial charge >= 0.3 is 0 Å². The Balaban J connectivity index is 2.38. The molecule has 0 aliphatic rings. The Kier molecular flexibility index (Phi) is 4.11. The van der Waals surface area contributed by atoms with Crippen molar-refractivity contribution < 1.29 is 0 Å². The maximum atomic E-state index is 4.26. The van der Waals surface area contributed by atoms with E-state index in [2.05, 4.69) is 54.5 Å². The lowest BCUT2D eigenvalue weighted by molar-refractivity contribution is 0.577. The number of hydrogen-bond donors (Lipinski definition) is 1. The molecular weight excluding hydrogens is 220 g/mol. The minimum absolute atomic E-state index is 0.419. The highest BCUT2D eigenvalue weighted by Gasteiger charge is 2.07. The second kappa shape index (κ2) is 5.78. The van der Waals surface area contributed by atoms with Crippen LogP contribution in [0.3, 0.4) is 0 Å². The predicted molar refractivity (Wildman–Crippen MR) is 76.5 cm³/mol. The molecule has 0 bridgehead atoms. The van der Waals surface area contributed by atoms with Gasteiger partial charge in [0.1, 0.15) is 0 Å². The second-order valence-electron chi connectivity index (χ2n) is 4.63. The lowest BCUT2D eigenvalue weighted by Gasteiger charge is -2.15. The fourth-order valence-corrected chi connectivity index (χ4v) is 2.25. The van der Waals surface area contributed by atoms with E-state index >= 15 is 0 Å². The summed E-state index contributed by atoms with van der Waals surface area (Å²) in [5.74, 6) is 0. The average molecular weight is 240 g/mol. The summed E-state index contributed by atoms with van der Waals surface area (Å²) < 4.78 is 0. The maximum absolute atomic E-state index is 4.26. The standard InChI is InChI=1S/C16H20N2/c1-4-16(17-3)14-7-5-6-13(9-14)15-8-12(2)10-18-11-15/h5-11,16-17H,4H2,1-3H3. The summed E-state index contributed by atoms with van der Waals surface area (Å²) in [6, 6.07) is 11.3. The van der Waals surface area contributed by atoms with Gasteiger partial charge in [-0.15, -0.1) is 0 Å². The molecule has 0 spiro atoms. The Hall–Kier alpha value is -1.67. The van der Waals surface area contributed by atoms with Crippen LogP contribution in [0.4, 0.5) is 0 Å². The summed E-state index contributed by atoms with van der Waals surface area (Å²) in [6.45, 7) is 4.27. The second-order valence-corrected chi connectivity index (χ2v) is 4.63. The van der Waals surface area contributed by atoms with Crippen molar-refractivity contribution in [3.8, 4) is 11.1 Å². The zero-order chi connectivity index (χ0) is 13.0. The fourth-order valence-electron chi connectivity index (χ4n) is 2.25. The molecule has 2 aromatic rings. The molecule has 0 aliphatic heterocycles. The van der Waals surface area contributed by atoms with Crippen molar-refractivity contribution in [2.75, 3.05) is 7.05 Å². The molecule has 18 heavy (non-hydrogen) atoms. The molecule has 94 valence electrons. The van der Waals surface area contributed by atoms with E-state index in [1.165, 1.54) is 22.3 Å². The van der Waals surface area contributed by atoms with Crippen molar-refractivity contribution in [2.45, 2.75) is 26.3 Å². The van der Waals surface area contributed by atoms with Crippen LogP contribution in [0.15, 0.2) is 42.7 Å². The molecule has 0 aliphatic carbocycles. The minimum Gasteiger partial charge on any atom is -0.313 e. The number of aryl methyl sites for hydroxylation is 1. The van der Waals surface area contributed by atoms with E-state index in [1.54, 1.807) is 0 Å².